The molecule has 5 nitrogen and oxygen atoms in total. The SMILES string of the molecule is CCCCO.CCCCO.CCOC(O)=CC(=O)C(F)(F)F.[Zr]. The van der Waals surface area contributed by atoms with E-state index in [9.17, 15) is 18.0 Å². The zero-order chi connectivity index (χ0) is 18.0. The Bertz CT molecular complexity index is 274. The second kappa shape index (κ2) is 21.6. The van der Waals surface area contributed by atoms with Crippen LogP contribution in [0.5, 0.6) is 0 Å². The minimum Gasteiger partial charge on any atom is -0.481 e. The molecule has 0 aliphatic carbocycles. The topological polar surface area (TPSA) is 87.0 Å². The number of alkyl halides is 3. The number of halogens is 3. The number of ether oxygens (including phenoxy) is 1. The Balaban J connectivity index is -0.000000137. The Morgan fingerprint density at radius 3 is 1.61 bits per heavy atom. The molecule has 0 aromatic carbocycles. The Morgan fingerprint density at radius 2 is 1.43 bits per heavy atom. The Hall–Kier alpha value is -0.397. The fourth-order valence-corrected chi connectivity index (χ4v) is 0.700. The predicted molar refractivity (Wildman–Crippen MR) is 77.4 cm³/mol. The molecule has 0 atom stereocenters. The van der Waals surface area contributed by atoms with E-state index in [0.29, 0.717) is 13.2 Å². The molecule has 0 radical (unpaired) electrons. The van der Waals surface area contributed by atoms with Gasteiger partial charge in [-0.25, -0.2) is 0 Å². The van der Waals surface area contributed by atoms with Crippen molar-refractivity contribution in [3.05, 3.63) is 12.0 Å². The molecule has 0 spiro atoms. The third kappa shape index (κ3) is 30.1. The summed E-state index contributed by atoms with van der Waals surface area (Å²) in [6.45, 7) is 6.25. The molecule has 138 valence electrons. The van der Waals surface area contributed by atoms with E-state index in [1.165, 1.54) is 6.92 Å². The fraction of sp³-hybridized carbons (Fsp3) is 0.786. The molecule has 0 bridgehead atoms. The summed E-state index contributed by atoms with van der Waals surface area (Å²) in [4.78, 5) is 10.1. The molecule has 0 unspecified atom stereocenters. The van der Waals surface area contributed by atoms with Crippen LogP contribution in [0.4, 0.5) is 13.2 Å². The van der Waals surface area contributed by atoms with Crippen LogP contribution in [0.1, 0.15) is 46.5 Å². The van der Waals surface area contributed by atoms with Crippen molar-refractivity contribution in [1.29, 1.82) is 0 Å². The largest absolute Gasteiger partial charge is 0.481 e. The van der Waals surface area contributed by atoms with Gasteiger partial charge in [-0.1, -0.05) is 26.7 Å². The molecule has 3 N–H and O–H groups in total. The zero-order valence-electron chi connectivity index (χ0n) is 13.8. The maximum Gasteiger partial charge on any atom is 0.454 e. The minimum atomic E-state index is -4.97. The zero-order valence-corrected chi connectivity index (χ0v) is 16.3. The van der Waals surface area contributed by atoms with Crippen molar-refractivity contribution in [3.63, 3.8) is 0 Å². The molecular formula is C14H27F3O5Zr. The molecule has 0 rings (SSSR count). The number of unbranched alkanes of at least 4 members (excludes halogenated alkanes) is 2. The van der Waals surface area contributed by atoms with Gasteiger partial charge in [0.25, 0.3) is 11.7 Å². The van der Waals surface area contributed by atoms with Crippen LogP contribution in [0.2, 0.25) is 0 Å². The molecule has 0 aromatic heterocycles. The van der Waals surface area contributed by atoms with Crippen molar-refractivity contribution in [2.75, 3.05) is 19.8 Å². The molecule has 0 saturated carbocycles. The van der Waals surface area contributed by atoms with Crippen molar-refractivity contribution < 1.29 is 64.2 Å². The third-order valence-electron chi connectivity index (χ3n) is 1.85. The van der Waals surface area contributed by atoms with Crippen LogP contribution in [0.3, 0.4) is 0 Å². The number of aliphatic hydroxyl groups excluding tert-OH is 3. The third-order valence-corrected chi connectivity index (χ3v) is 1.85. The van der Waals surface area contributed by atoms with Crippen LogP contribution in [0.15, 0.2) is 12.0 Å². The monoisotopic (exact) mass is 422 g/mol. The Kier molecular flexibility index (Phi) is 28.6. The smallest absolute Gasteiger partial charge is 0.454 e. The minimum absolute atomic E-state index is 0. The number of aliphatic hydroxyl groups is 3. The van der Waals surface area contributed by atoms with Gasteiger partial charge in [0.1, 0.15) is 0 Å². The first-order chi connectivity index (χ1) is 10.2. The van der Waals surface area contributed by atoms with Crippen LogP contribution < -0.4 is 0 Å². The maximum atomic E-state index is 11.5. The van der Waals surface area contributed by atoms with E-state index in [4.69, 9.17) is 15.3 Å². The van der Waals surface area contributed by atoms with Crippen LogP contribution in [0.25, 0.3) is 0 Å². The van der Waals surface area contributed by atoms with Gasteiger partial charge in [0, 0.05) is 39.4 Å². The van der Waals surface area contributed by atoms with Gasteiger partial charge >= 0.3 is 6.18 Å². The van der Waals surface area contributed by atoms with Gasteiger partial charge in [-0.2, -0.15) is 13.2 Å². The molecule has 0 saturated heterocycles. The van der Waals surface area contributed by atoms with Gasteiger partial charge in [0.15, 0.2) is 0 Å². The summed E-state index contributed by atoms with van der Waals surface area (Å²) in [5.74, 6) is -3.17. The maximum absolute atomic E-state index is 11.5. The van der Waals surface area contributed by atoms with Crippen molar-refractivity contribution in [1.82, 2.24) is 0 Å². The Morgan fingerprint density at radius 1 is 1.04 bits per heavy atom. The van der Waals surface area contributed by atoms with Gasteiger partial charge < -0.3 is 20.1 Å². The van der Waals surface area contributed by atoms with Crippen molar-refractivity contribution in [2.45, 2.75) is 52.6 Å². The second-order valence-electron chi connectivity index (χ2n) is 3.93. The molecule has 0 amide bonds. The van der Waals surface area contributed by atoms with Gasteiger partial charge in [0.2, 0.25) is 0 Å². The van der Waals surface area contributed by atoms with E-state index in [0.717, 1.165) is 25.7 Å². The second-order valence-corrected chi connectivity index (χ2v) is 3.93. The standard InChI is InChI=1S/C6H7F3O3.2C4H10O.Zr/c1-2-12-5(11)3-4(10)6(7,8)9;2*1-2-3-4-5;/h3,11H,2H2,1H3;2*5H,2-4H2,1H3;. The van der Waals surface area contributed by atoms with E-state index in [-0.39, 0.29) is 38.9 Å². The number of hydrogen-bond acceptors (Lipinski definition) is 5. The quantitative estimate of drug-likeness (QED) is 0.433. The summed E-state index contributed by atoms with van der Waals surface area (Å²) in [7, 11) is 0. The van der Waals surface area contributed by atoms with Crippen LogP contribution >= 0.6 is 0 Å². The average Bonchev–Trinajstić information content (AvgIpc) is 2.41. The van der Waals surface area contributed by atoms with Gasteiger partial charge in [-0.3, -0.25) is 4.79 Å². The summed E-state index contributed by atoms with van der Waals surface area (Å²) in [6, 6.07) is 0. The van der Waals surface area contributed by atoms with Crippen molar-refractivity contribution in [3.8, 4) is 0 Å². The summed E-state index contributed by atoms with van der Waals surface area (Å²) in [5, 5.41) is 24.6. The number of ketones is 1. The molecule has 9 heteroatoms. The van der Waals surface area contributed by atoms with E-state index in [1.54, 1.807) is 0 Å². The van der Waals surface area contributed by atoms with E-state index in [1.807, 2.05) is 0 Å². The first-order valence-electron chi connectivity index (χ1n) is 7.07. The van der Waals surface area contributed by atoms with Gasteiger partial charge in [0.05, 0.1) is 12.7 Å². The van der Waals surface area contributed by atoms with Crippen LogP contribution in [-0.2, 0) is 35.7 Å². The number of carbonyl (C=O) groups excluding carboxylic acids is 1. The number of allylic oxidation sites excluding steroid dienone is 1. The van der Waals surface area contributed by atoms with Crippen molar-refractivity contribution in [2.24, 2.45) is 0 Å². The van der Waals surface area contributed by atoms with Gasteiger partial charge in [-0.15, -0.1) is 0 Å². The molecule has 0 heterocycles. The summed E-state index contributed by atoms with van der Waals surface area (Å²) < 4.78 is 38.7. The average molecular weight is 424 g/mol. The van der Waals surface area contributed by atoms with Gasteiger partial charge in [-0.05, 0) is 19.8 Å². The molecule has 23 heavy (non-hydrogen) atoms. The number of rotatable bonds is 7. The Labute approximate surface area is 154 Å². The fourth-order valence-electron chi connectivity index (χ4n) is 0.700. The molecule has 0 aromatic rings. The van der Waals surface area contributed by atoms with E-state index < -0.39 is 17.9 Å². The predicted octanol–water partition coefficient (Wildman–Crippen LogP) is 3.11. The van der Waals surface area contributed by atoms with E-state index >= 15 is 0 Å². The molecule has 0 fully saturated rings. The van der Waals surface area contributed by atoms with E-state index in [2.05, 4.69) is 18.6 Å². The number of hydrogen-bond donors (Lipinski definition) is 3. The summed E-state index contributed by atoms with van der Waals surface area (Å²) in [5.41, 5.74) is 0. The first-order valence-corrected chi connectivity index (χ1v) is 7.07. The molecule has 0 aliphatic heterocycles. The molecular weight excluding hydrogens is 396 g/mol. The number of carbonyl (C=O) groups is 1. The summed E-state index contributed by atoms with van der Waals surface area (Å²) >= 11 is 0. The first kappa shape index (κ1) is 30.5. The van der Waals surface area contributed by atoms with Crippen molar-refractivity contribution >= 4 is 5.78 Å². The van der Waals surface area contributed by atoms with Crippen LogP contribution in [-0.4, -0.2) is 47.1 Å². The normalized spacial score (nSPS) is 10.3. The summed E-state index contributed by atoms with van der Waals surface area (Å²) in [6.07, 6.45) is -0.901. The van der Waals surface area contributed by atoms with Crippen LogP contribution in [0, 0.1) is 0 Å². The molecule has 0 aliphatic rings.